The highest BCUT2D eigenvalue weighted by Gasteiger charge is 2.05. The van der Waals surface area contributed by atoms with Crippen molar-refractivity contribution < 1.29 is 14.6 Å². The highest BCUT2D eigenvalue weighted by Crippen LogP contribution is 1.99. The number of hydrogen-bond donors (Lipinski definition) is 2. The molecule has 0 saturated heterocycles. The maximum absolute atomic E-state index is 11.8. The van der Waals surface area contributed by atoms with Crippen LogP contribution in [0.15, 0.2) is 18.3 Å². The van der Waals surface area contributed by atoms with Crippen LogP contribution in [0.2, 0.25) is 0 Å². The number of carbonyl (C=O) groups excluding carboxylic acids is 1. The molecule has 1 amide bonds. The molecule has 1 aromatic heterocycles. The lowest BCUT2D eigenvalue weighted by Crippen LogP contribution is -2.28. The molecule has 0 atom stereocenters. The minimum absolute atomic E-state index is 0.0410. The van der Waals surface area contributed by atoms with Gasteiger partial charge in [-0.2, -0.15) is 0 Å². The summed E-state index contributed by atoms with van der Waals surface area (Å²) in [6.45, 7) is 4.87. The molecule has 0 aromatic carbocycles. The van der Waals surface area contributed by atoms with Gasteiger partial charge in [-0.05, 0) is 26.0 Å². The van der Waals surface area contributed by atoms with E-state index in [1.807, 2.05) is 13.8 Å². The van der Waals surface area contributed by atoms with Gasteiger partial charge >= 0.3 is 0 Å². The number of hydrogen-bond acceptors (Lipinski definition) is 4. The molecule has 1 heterocycles. The molecule has 5 heteroatoms. The first-order chi connectivity index (χ1) is 9.63. The van der Waals surface area contributed by atoms with Gasteiger partial charge in [-0.25, -0.2) is 4.98 Å². The molecule has 0 aliphatic heterocycles. The SMILES string of the molecule is CC(C)OCCNC(=O)c1ccc(C#CCCO)cn1. The lowest BCUT2D eigenvalue weighted by Gasteiger charge is -2.08. The van der Waals surface area contributed by atoms with Crippen LogP contribution in [0.5, 0.6) is 0 Å². The van der Waals surface area contributed by atoms with Crippen molar-refractivity contribution >= 4 is 5.91 Å². The zero-order valence-electron chi connectivity index (χ0n) is 11.8. The molecule has 0 radical (unpaired) electrons. The van der Waals surface area contributed by atoms with E-state index < -0.39 is 0 Å². The first kappa shape index (κ1) is 16.2. The van der Waals surface area contributed by atoms with Crippen LogP contribution in [0, 0.1) is 11.8 Å². The van der Waals surface area contributed by atoms with Gasteiger partial charge in [-0.3, -0.25) is 4.79 Å². The van der Waals surface area contributed by atoms with E-state index in [-0.39, 0.29) is 18.6 Å². The van der Waals surface area contributed by atoms with Crippen LogP contribution in [0.25, 0.3) is 0 Å². The van der Waals surface area contributed by atoms with Gasteiger partial charge in [0.05, 0.1) is 19.3 Å². The normalized spacial score (nSPS) is 10.0. The van der Waals surface area contributed by atoms with Crippen molar-refractivity contribution in [2.75, 3.05) is 19.8 Å². The van der Waals surface area contributed by atoms with Crippen LogP contribution in [0.4, 0.5) is 0 Å². The number of rotatable bonds is 6. The van der Waals surface area contributed by atoms with E-state index in [1.165, 1.54) is 0 Å². The second-order valence-electron chi connectivity index (χ2n) is 4.38. The van der Waals surface area contributed by atoms with Crippen molar-refractivity contribution in [1.82, 2.24) is 10.3 Å². The Hall–Kier alpha value is -1.90. The zero-order valence-corrected chi connectivity index (χ0v) is 11.8. The first-order valence-corrected chi connectivity index (χ1v) is 6.59. The summed E-state index contributed by atoms with van der Waals surface area (Å²) in [6, 6.07) is 3.36. The smallest absolute Gasteiger partial charge is 0.269 e. The summed E-state index contributed by atoms with van der Waals surface area (Å²) in [6.07, 6.45) is 2.13. The second-order valence-corrected chi connectivity index (χ2v) is 4.38. The predicted octanol–water partition coefficient (Wildman–Crippen LogP) is 0.970. The quantitative estimate of drug-likeness (QED) is 0.600. The summed E-state index contributed by atoms with van der Waals surface area (Å²) >= 11 is 0. The maximum atomic E-state index is 11.8. The van der Waals surface area contributed by atoms with Crippen molar-refractivity contribution in [1.29, 1.82) is 0 Å². The third-order valence-corrected chi connectivity index (χ3v) is 2.30. The van der Waals surface area contributed by atoms with E-state index in [9.17, 15) is 4.79 Å². The number of carbonyl (C=O) groups is 1. The highest BCUT2D eigenvalue weighted by molar-refractivity contribution is 5.92. The van der Waals surface area contributed by atoms with E-state index >= 15 is 0 Å². The minimum atomic E-state index is -0.229. The van der Waals surface area contributed by atoms with Crippen LogP contribution in [-0.2, 0) is 4.74 Å². The Morgan fingerprint density at radius 1 is 1.50 bits per heavy atom. The molecule has 0 spiro atoms. The molecule has 108 valence electrons. The van der Waals surface area contributed by atoms with Crippen LogP contribution < -0.4 is 5.32 Å². The molecule has 0 unspecified atom stereocenters. The molecule has 0 bridgehead atoms. The van der Waals surface area contributed by atoms with Gasteiger partial charge in [0, 0.05) is 24.7 Å². The molecule has 1 aromatic rings. The van der Waals surface area contributed by atoms with E-state index in [0.29, 0.717) is 25.3 Å². The Labute approximate surface area is 119 Å². The van der Waals surface area contributed by atoms with Gasteiger partial charge in [-0.1, -0.05) is 11.8 Å². The van der Waals surface area contributed by atoms with Crippen molar-refractivity contribution in [3.63, 3.8) is 0 Å². The number of nitrogens with one attached hydrogen (secondary N) is 1. The molecular formula is C15H20N2O3. The summed E-state index contributed by atoms with van der Waals surface area (Å²) < 4.78 is 5.33. The molecule has 0 saturated carbocycles. The molecule has 1 rings (SSSR count). The van der Waals surface area contributed by atoms with E-state index in [0.717, 1.165) is 5.56 Å². The number of pyridine rings is 1. The topological polar surface area (TPSA) is 71.5 Å². The Kier molecular flexibility index (Phi) is 7.33. The first-order valence-electron chi connectivity index (χ1n) is 6.59. The Bertz CT molecular complexity index is 472. The van der Waals surface area contributed by atoms with E-state index in [2.05, 4.69) is 22.1 Å². The predicted molar refractivity (Wildman–Crippen MR) is 76.2 cm³/mol. The van der Waals surface area contributed by atoms with Gasteiger partial charge in [0.1, 0.15) is 5.69 Å². The number of nitrogens with zero attached hydrogens (tertiary/aromatic N) is 1. The van der Waals surface area contributed by atoms with E-state index in [1.54, 1.807) is 18.3 Å². The van der Waals surface area contributed by atoms with Crippen molar-refractivity contribution in [2.24, 2.45) is 0 Å². The minimum Gasteiger partial charge on any atom is -0.395 e. The molecule has 0 fully saturated rings. The molecule has 0 aliphatic carbocycles. The number of aliphatic hydroxyl groups is 1. The van der Waals surface area contributed by atoms with Crippen LogP contribution in [0.3, 0.4) is 0 Å². The van der Waals surface area contributed by atoms with Crippen LogP contribution >= 0.6 is 0 Å². The Morgan fingerprint density at radius 2 is 2.30 bits per heavy atom. The molecular weight excluding hydrogens is 256 g/mol. The fraction of sp³-hybridized carbons (Fsp3) is 0.467. The number of aliphatic hydroxyl groups excluding tert-OH is 1. The monoisotopic (exact) mass is 276 g/mol. The molecule has 0 aliphatic rings. The average Bonchev–Trinajstić information content (AvgIpc) is 2.44. The number of ether oxygens (including phenoxy) is 1. The third-order valence-electron chi connectivity index (χ3n) is 2.30. The number of amides is 1. The standard InChI is InChI=1S/C15H20N2O3/c1-12(2)20-10-8-16-15(19)14-7-6-13(11-17-14)5-3-4-9-18/h6-7,11-12,18H,4,8-10H2,1-2H3,(H,16,19). The summed E-state index contributed by atoms with van der Waals surface area (Å²) in [7, 11) is 0. The maximum Gasteiger partial charge on any atom is 0.269 e. The van der Waals surface area contributed by atoms with Gasteiger partial charge < -0.3 is 15.2 Å². The third kappa shape index (κ3) is 6.32. The molecule has 5 nitrogen and oxygen atoms in total. The van der Waals surface area contributed by atoms with Gasteiger partial charge in [-0.15, -0.1) is 0 Å². The van der Waals surface area contributed by atoms with Crippen molar-refractivity contribution in [3.05, 3.63) is 29.6 Å². The lowest BCUT2D eigenvalue weighted by molar-refractivity contribution is 0.0745. The summed E-state index contributed by atoms with van der Waals surface area (Å²) in [5.41, 5.74) is 1.07. The van der Waals surface area contributed by atoms with Gasteiger partial charge in [0.15, 0.2) is 0 Å². The summed E-state index contributed by atoms with van der Waals surface area (Å²) in [5, 5.41) is 11.3. The fourth-order valence-electron chi connectivity index (χ4n) is 1.37. The zero-order chi connectivity index (χ0) is 14.8. The van der Waals surface area contributed by atoms with Crippen molar-refractivity contribution in [2.45, 2.75) is 26.4 Å². The summed E-state index contributed by atoms with van der Waals surface area (Å²) in [4.78, 5) is 15.8. The van der Waals surface area contributed by atoms with Gasteiger partial charge in [0.25, 0.3) is 5.91 Å². The fourth-order valence-corrected chi connectivity index (χ4v) is 1.37. The van der Waals surface area contributed by atoms with E-state index in [4.69, 9.17) is 9.84 Å². The Morgan fingerprint density at radius 3 is 2.90 bits per heavy atom. The van der Waals surface area contributed by atoms with Gasteiger partial charge in [0.2, 0.25) is 0 Å². The van der Waals surface area contributed by atoms with Crippen LogP contribution in [0.1, 0.15) is 36.3 Å². The number of aromatic nitrogens is 1. The average molecular weight is 276 g/mol. The largest absolute Gasteiger partial charge is 0.395 e. The summed E-state index contributed by atoms with van der Waals surface area (Å²) in [5.74, 6) is 5.42. The molecule has 2 N–H and O–H groups in total. The van der Waals surface area contributed by atoms with Crippen LogP contribution in [-0.4, -0.2) is 41.9 Å². The Balaban J connectivity index is 2.43. The molecule has 20 heavy (non-hydrogen) atoms. The van der Waals surface area contributed by atoms with Crippen molar-refractivity contribution in [3.8, 4) is 11.8 Å². The highest BCUT2D eigenvalue weighted by atomic mass is 16.5. The lowest BCUT2D eigenvalue weighted by atomic mass is 10.2. The second kappa shape index (κ2) is 9.08.